The van der Waals surface area contributed by atoms with Crippen molar-refractivity contribution in [3.8, 4) is 0 Å². The maximum atomic E-state index is 4.66. The van der Waals surface area contributed by atoms with Crippen LogP contribution in [-0.2, 0) is 6.54 Å². The molecule has 0 amide bonds. The molecule has 2 aromatic heterocycles. The summed E-state index contributed by atoms with van der Waals surface area (Å²) in [5, 5.41) is 4.65. The smallest absolute Gasteiger partial charge is 0.0705 e. The van der Waals surface area contributed by atoms with Gasteiger partial charge in [-0.1, -0.05) is 30.3 Å². The highest BCUT2D eigenvalue weighted by Crippen LogP contribution is 2.14. The van der Waals surface area contributed by atoms with Crippen LogP contribution in [0, 0.1) is 0 Å². The second-order valence-electron chi connectivity index (χ2n) is 4.88. The number of benzene rings is 1. The molecule has 0 bridgehead atoms. The van der Waals surface area contributed by atoms with Crippen molar-refractivity contribution >= 4 is 10.9 Å². The van der Waals surface area contributed by atoms with Gasteiger partial charge >= 0.3 is 0 Å². The Labute approximate surface area is 118 Å². The van der Waals surface area contributed by atoms with Crippen molar-refractivity contribution in [2.75, 3.05) is 0 Å². The Morgan fingerprint density at radius 2 is 1.95 bits per heavy atom. The first kappa shape index (κ1) is 12.8. The number of para-hydroxylation sites is 1. The fraction of sp³-hybridized carbons (Fsp3) is 0.176. The van der Waals surface area contributed by atoms with E-state index in [4.69, 9.17) is 0 Å². The Bertz CT molecular complexity index is 695. The summed E-state index contributed by atoms with van der Waals surface area (Å²) < 4.78 is 0. The summed E-state index contributed by atoms with van der Waals surface area (Å²) >= 11 is 0. The molecule has 0 fully saturated rings. The molecule has 3 aromatic rings. The lowest BCUT2D eigenvalue weighted by atomic mass is 10.1. The molecule has 0 radical (unpaired) electrons. The third-order valence-electron chi connectivity index (χ3n) is 3.43. The van der Waals surface area contributed by atoms with Gasteiger partial charge in [0.1, 0.15) is 0 Å². The van der Waals surface area contributed by atoms with Crippen molar-refractivity contribution in [1.29, 1.82) is 0 Å². The van der Waals surface area contributed by atoms with Crippen molar-refractivity contribution in [2.45, 2.75) is 19.5 Å². The van der Waals surface area contributed by atoms with E-state index < -0.39 is 0 Å². The van der Waals surface area contributed by atoms with Gasteiger partial charge in [-0.2, -0.15) is 0 Å². The minimum atomic E-state index is 0.261. The number of hydrogen-bond acceptors (Lipinski definition) is 3. The molecule has 1 N–H and O–H groups in total. The minimum Gasteiger partial charge on any atom is -0.305 e. The Hall–Kier alpha value is -2.26. The predicted octanol–water partition coefficient (Wildman–Crippen LogP) is 3.48. The van der Waals surface area contributed by atoms with Crippen LogP contribution in [0.3, 0.4) is 0 Å². The summed E-state index contributed by atoms with van der Waals surface area (Å²) in [5.41, 5.74) is 3.29. The molecule has 0 saturated heterocycles. The van der Waals surface area contributed by atoms with E-state index in [0.717, 1.165) is 17.8 Å². The van der Waals surface area contributed by atoms with E-state index in [9.17, 15) is 0 Å². The quantitative estimate of drug-likeness (QED) is 0.783. The fourth-order valence-electron chi connectivity index (χ4n) is 2.21. The second kappa shape index (κ2) is 5.80. The van der Waals surface area contributed by atoms with Gasteiger partial charge in [-0.05, 0) is 30.7 Å². The zero-order chi connectivity index (χ0) is 13.8. The lowest BCUT2D eigenvalue weighted by Gasteiger charge is -2.13. The van der Waals surface area contributed by atoms with Crippen LogP contribution in [0.5, 0.6) is 0 Å². The standard InChI is InChI=1S/C17H17N3/c1-13(15-6-4-10-18-11-15)19-12-16-9-8-14-5-2-3-7-17(14)20-16/h2-11,13,19H,12H2,1H3/t13-/m1/s1. The van der Waals surface area contributed by atoms with Crippen LogP contribution in [0.2, 0.25) is 0 Å². The largest absolute Gasteiger partial charge is 0.305 e. The average Bonchev–Trinajstić information content (AvgIpc) is 2.53. The molecule has 1 atom stereocenters. The number of hydrogen-bond donors (Lipinski definition) is 1. The van der Waals surface area contributed by atoms with Gasteiger partial charge in [0.05, 0.1) is 11.2 Å². The third kappa shape index (κ3) is 2.83. The average molecular weight is 263 g/mol. The molecular weight excluding hydrogens is 246 g/mol. The van der Waals surface area contributed by atoms with Crippen LogP contribution in [-0.4, -0.2) is 9.97 Å². The van der Waals surface area contributed by atoms with Gasteiger partial charge in [0.15, 0.2) is 0 Å². The molecule has 0 saturated carbocycles. The van der Waals surface area contributed by atoms with Crippen molar-refractivity contribution in [1.82, 2.24) is 15.3 Å². The van der Waals surface area contributed by atoms with Crippen LogP contribution in [0.15, 0.2) is 60.9 Å². The van der Waals surface area contributed by atoms with Crippen LogP contribution in [0.25, 0.3) is 10.9 Å². The zero-order valence-electron chi connectivity index (χ0n) is 11.5. The van der Waals surface area contributed by atoms with E-state index in [1.165, 1.54) is 10.9 Å². The summed E-state index contributed by atoms with van der Waals surface area (Å²) in [5.74, 6) is 0. The molecule has 20 heavy (non-hydrogen) atoms. The van der Waals surface area contributed by atoms with Gasteiger partial charge in [0, 0.05) is 30.4 Å². The van der Waals surface area contributed by atoms with Crippen LogP contribution < -0.4 is 5.32 Å². The van der Waals surface area contributed by atoms with Crippen molar-refractivity contribution in [3.63, 3.8) is 0 Å². The minimum absolute atomic E-state index is 0.261. The summed E-state index contributed by atoms with van der Waals surface area (Å²) in [6.07, 6.45) is 3.69. The number of rotatable bonds is 4. The molecule has 3 heteroatoms. The van der Waals surface area contributed by atoms with Gasteiger partial charge < -0.3 is 5.32 Å². The Morgan fingerprint density at radius 3 is 2.80 bits per heavy atom. The number of aromatic nitrogens is 2. The first-order valence-electron chi connectivity index (χ1n) is 6.81. The molecule has 0 aliphatic rings. The van der Waals surface area contributed by atoms with E-state index in [1.54, 1.807) is 6.20 Å². The van der Waals surface area contributed by atoms with E-state index in [1.807, 2.05) is 30.5 Å². The lowest BCUT2D eigenvalue weighted by molar-refractivity contribution is 0.567. The van der Waals surface area contributed by atoms with Crippen LogP contribution >= 0.6 is 0 Å². The van der Waals surface area contributed by atoms with Gasteiger partial charge in [0.25, 0.3) is 0 Å². The predicted molar refractivity (Wildman–Crippen MR) is 81.2 cm³/mol. The third-order valence-corrected chi connectivity index (χ3v) is 3.43. The van der Waals surface area contributed by atoms with Crippen molar-refractivity contribution in [3.05, 3.63) is 72.2 Å². The molecule has 100 valence electrons. The molecule has 0 aliphatic carbocycles. The highest BCUT2D eigenvalue weighted by atomic mass is 14.9. The topological polar surface area (TPSA) is 37.8 Å². The summed E-state index contributed by atoms with van der Waals surface area (Å²) in [6, 6.07) is 16.7. The van der Waals surface area contributed by atoms with E-state index >= 15 is 0 Å². The Kier molecular flexibility index (Phi) is 3.70. The number of pyridine rings is 2. The van der Waals surface area contributed by atoms with Gasteiger partial charge in [-0.15, -0.1) is 0 Å². The van der Waals surface area contributed by atoms with E-state index in [2.05, 4.69) is 46.5 Å². The fourth-order valence-corrected chi connectivity index (χ4v) is 2.21. The first-order chi connectivity index (χ1) is 9.83. The molecule has 3 rings (SSSR count). The van der Waals surface area contributed by atoms with Gasteiger partial charge in [0.2, 0.25) is 0 Å². The van der Waals surface area contributed by atoms with Crippen LogP contribution in [0.1, 0.15) is 24.2 Å². The SMILES string of the molecule is C[C@@H](NCc1ccc2ccccc2n1)c1cccnc1. The Balaban J connectivity index is 1.70. The zero-order valence-corrected chi connectivity index (χ0v) is 11.5. The summed E-state index contributed by atoms with van der Waals surface area (Å²) in [6.45, 7) is 2.89. The summed E-state index contributed by atoms with van der Waals surface area (Å²) in [4.78, 5) is 8.81. The lowest BCUT2D eigenvalue weighted by Crippen LogP contribution is -2.18. The van der Waals surface area contributed by atoms with E-state index in [-0.39, 0.29) is 6.04 Å². The normalized spacial score (nSPS) is 12.4. The van der Waals surface area contributed by atoms with E-state index in [0.29, 0.717) is 0 Å². The number of nitrogens with one attached hydrogen (secondary N) is 1. The second-order valence-corrected chi connectivity index (χ2v) is 4.88. The molecule has 0 aliphatic heterocycles. The maximum absolute atomic E-state index is 4.66. The summed E-state index contributed by atoms with van der Waals surface area (Å²) in [7, 11) is 0. The van der Waals surface area contributed by atoms with Gasteiger partial charge in [-0.3, -0.25) is 9.97 Å². The maximum Gasteiger partial charge on any atom is 0.0705 e. The first-order valence-corrected chi connectivity index (χ1v) is 6.81. The highest BCUT2D eigenvalue weighted by molar-refractivity contribution is 5.78. The monoisotopic (exact) mass is 263 g/mol. The molecule has 1 aromatic carbocycles. The number of nitrogens with zero attached hydrogens (tertiary/aromatic N) is 2. The highest BCUT2D eigenvalue weighted by Gasteiger charge is 2.05. The molecule has 0 spiro atoms. The molecule has 0 unspecified atom stereocenters. The van der Waals surface area contributed by atoms with Crippen LogP contribution in [0.4, 0.5) is 0 Å². The molecular formula is C17H17N3. The number of fused-ring (bicyclic) bond motifs is 1. The Morgan fingerprint density at radius 1 is 1.05 bits per heavy atom. The van der Waals surface area contributed by atoms with Crippen molar-refractivity contribution < 1.29 is 0 Å². The molecule has 3 nitrogen and oxygen atoms in total. The van der Waals surface area contributed by atoms with Gasteiger partial charge in [-0.25, -0.2) is 0 Å². The van der Waals surface area contributed by atoms with Crippen molar-refractivity contribution in [2.24, 2.45) is 0 Å². The molecule has 2 heterocycles.